The second kappa shape index (κ2) is 11.4. The summed E-state index contributed by atoms with van der Waals surface area (Å²) >= 11 is 0. The Balaban J connectivity index is 1.53. The molecule has 3 aromatic rings. The lowest BCUT2D eigenvalue weighted by Gasteiger charge is -2.33. The van der Waals surface area contributed by atoms with E-state index in [1.54, 1.807) is 18.3 Å². The Morgan fingerprint density at radius 1 is 1.16 bits per heavy atom. The highest BCUT2D eigenvalue weighted by atomic mass is 16.5. The maximum absolute atomic E-state index is 9.80. The molecule has 3 heterocycles. The van der Waals surface area contributed by atoms with Gasteiger partial charge in [-0.15, -0.1) is 0 Å². The molecule has 1 fully saturated rings. The van der Waals surface area contributed by atoms with Crippen LogP contribution in [0.2, 0.25) is 0 Å². The van der Waals surface area contributed by atoms with E-state index in [2.05, 4.69) is 23.1 Å². The van der Waals surface area contributed by atoms with E-state index in [9.17, 15) is 10.4 Å². The van der Waals surface area contributed by atoms with Gasteiger partial charge in [-0.2, -0.15) is 10.2 Å². The normalized spacial score (nSPS) is 22.7. The Morgan fingerprint density at radius 3 is 2.78 bits per heavy atom. The summed E-state index contributed by atoms with van der Waals surface area (Å²) in [7, 11) is 0. The lowest BCUT2D eigenvalue weighted by atomic mass is 9.98. The van der Waals surface area contributed by atoms with Crippen molar-refractivity contribution in [2.75, 3.05) is 26.2 Å². The van der Waals surface area contributed by atoms with Gasteiger partial charge in [0.2, 0.25) is 0 Å². The summed E-state index contributed by atoms with van der Waals surface area (Å²) in [6.45, 7) is 4.97. The second-order valence-electron chi connectivity index (χ2n) is 9.61. The van der Waals surface area contributed by atoms with Gasteiger partial charge in [0.15, 0.2) is 5.65 Å². The molecule has 1 aliphatic carbocycles. The van der Waals surface area contributed by atoms with Crippen molar-refractivity contribution in [3.63, 3.8) is 0 Å². The summed E-state index contributed by atoms with van der Waals surface area (Å²) in [4.78, 5) is 12.0. The first-order chi connectivity index (χ1) is 18.1. The summed E-state index contributed by atoms with van der Waals surface area (Å²) in [6.07, 6.45) is 19.6. The van der Waals surface area contributed by atoms with Crippen LogP contribution in [0.1, 0.15) is 30.9 Å². The molecule has 2 aliphatic rings. The molecule has 0 radical (unpaired) electrons. The molecule has 1 unspecified atom stereocenters. The molecule has 37 heavy (non-hydrogen) atoms. The number of fused-ring (bicyclic) bond motifs is 1. The molecule has 1 saturated heterocycles. The number of piperidine rings is 1. The fourth-order valence-corrected chi connectivity index (χ4v) is 4.99. The van der Waals surface area contributed by atoms with E-state index in [4.69, 9.17) is 14.7 Å². The number of ether oxygens (including phenoxy) is 1. The molecule has 7 nitrogen and oxygen atoms in total. The Bertz CT molecular complexity index is 1410. The molecule has 0 amide bonds. The van der Waals surface area contributed by atoms with E-state index >= 15 is 0 Å². The fraction of sp³-hybridized carbons (Fsp3) is 0.300. The molecule has 188 valence electrons. The third-order valence-corrected chi connectivity index (χ3v) is 6.66. The number of aliphatic hydroxyl groups is 1. The van der Waals surface area contributed by atoms with Crippen LogP contribution in [0.4, 0.5) is 0 Å². The lowest BCUT2D eigenvalue weighted by molar-refractivity contribution is 0.0778. The van der Waals surface area contributed by atoms with Crippen molar-refractivity contribution < 1.29 is 9.84 Å². The smallest absolute Gasteiger partial charge is 0.302 e. The zero-order chi connectivity index (χ0) is 25.6. The van der Waals surface area contributed by atoms with Gasteiger partial charge in [-0.25, -0.2) is 4.98 Å². The number of allylic oxidation sites excluding steroid dienone is 8. The Hall–Kier alpha value is -3.99. The van der Waals surface area contributed by atoms with Gasteiger partial charge in [-0.3, -0.25) is 4.40 Å². The molecule has 2 aromatic heterocycles. The minimum absolute atomic E-state index is 0.337. The monoisotopic (exact) mass is 493 g/mol. The number of aliphatic hydroxyl groups excluding tert-OH is 1. The van der Waals surface area contributed by atoms with Crippen molar-refractivity contribution in [2.45, 2.75) is 25.9 Å². The zero-order valence-electron chi connectivity index (χ0n) is 21.0. The van der Waals surface area contributed by atoms with Crippen LogP contribution < -0.4 is 4.74 Å². The van der Waals surface area contributed by atoms with E-state index in [0.29, 0.717) is 30.6 Å². The molecule has 1 aromatic carbocycles. The standard InChI is InChI=1S/C30H31N5O2/c1-22(36)19-34-16-7-8-24(20-34)21-37-30-33-28(26-13-11-23(18-31)12-14-26)27(29-32-15-17-35(29)30)25-9-5-3-2-4-6-10-25/h2-6,9-15,17,22,24,36H,7-8,16,19-21H2,1H3/b3-2-,4-2?,5-3?,6-4-,9-5-,10-6?,25-9?,25-10+/t22-,24?/m0/s1. The van der Waals surface area contributed by atoms with E-state index in [1.807, 2.05) is 60.0 Å². The molecule has 0 bridgehead atoms. The molecule has 1 N–H and O–H groups in total. The van der Waals surface area contributed by atoms with E-state index < -0.39 is 0 Å². The van der Waals surface area contributed by atoms with Gasteiger partial charge in [0, 0.05) is 37.0 Å². The second-order valence-corrected chi connectivity index (χ2v) is 9.61. The maximum Gasteiger partial charge on any atom is 0.302 e. The van der Waals surface area contributed by atoms with Gasteiger partial charge in [0.25, 0.3) is 0 Å². The van der Waals surface area contributed by atoms with Gasteiger partial charge in [0.05, 0.1) is 35.6 Å². The first-order valence-corrected chi connectivity index (χ1v) is 12.8. The zero-order valence-corrected chi connectivity index (χ0v) is 21.0. The van der Waals surface area contributed by atoms with Crippen LogP contribution in [0.15, 0.2) is 79.2 Å². The number of likely N-dealkylation sites (tertiary alicyclic amines) is 1. The predicted molar refractivity (Wildman–Crippen MR) is 145 cm³/mol. The summed E-state index contributed by atoms with van der Waals surface area (Å²) in [5.41, 5.74) is 4.89. The third kappa shape index (κ3) is 5.72. The van der Waals surface area contributed by atoms with Crippen molar-refractivity contribution in [1.82, 2.24) is 19.3 Å². The van der Waals surface area contributed by atoms with Crippen molar-refractivity contribution in [2.24, 2.45) is 5.92 Å². The summed E-state index contributed by atoms with van der Waals surface area (Å²) in [6, 6.07) is 10.1. The Labute approximate surface area is 217 Å². The summed E-state index contributed by atoms with van der Waals surface area (Å²) < 4.78 is 8.28. The number of imidazole rings is 1. The highest BCUT2D eigenvalue weighted by molar-refractivity contribution is 5.91. The quantitative estimate of drug-likeness (QED) is 0.509. The van der Waals surface area contributed by atoms with Crippen LogP contribution in [0, 0.1) is 17.2 Å². The van der Waals surface area contributed by atoms with Gasteiger partial charge >= 0.3 is 6.01 Å². The van der Waals surface area contributed by atoms with Crippen LogP contribution in [-0.4, -0.2) is 56.7 Å². The minimum atomic E-state index is -0.337. The SMILES string of the molecule is C[C@H](O)CN1CCCC(COc2nc(-c3ccc(C#N)cc3)c(C3=C/C=C\C=C/C=C\3)c3nccn23)C1. The van der Waals surface area contributed by atoms with Gasteiger partial charge in [0.1, 0.15) is 0 Å². The topological polar surface area (TPSA) is 86.7 Å². The number of aromatic nitrogens is 3. The van der Waals surface area contributed by atoms with Crippen LogP contribution >= 0.6 is 0 Å². The lowest BCUT2D eigenvalue weighted by Crippen LogP contribution is -2.41. The maximum atomic E-state index is 9.80. The van der Waals surface area contributed by atoms with Gasteiger partial charge < -0.3 is 14.7 Å². The molecule has 5 rings (SSSR count). The van der Waals surface area contributed by atoms with E-state index in [1.165, 1.54) is 0 Å². The average Bonchev–Trinajstić information content (AvgIpc) is 3.37. The molecule has 2 atom stereocenters. The molecular formula is C30H31N5O2. The molecule has 0 spiro atoms. The fourth-order valence-electron chi connectivity index (χ4n) is 4.99. The van der Waals surface area contributed by atoms with Gasteiger partial charge in [-0.1, -0.05) is 54.7 Å². The van der Waals surface area contributed by atoms with Crippen molar-refractivity contribution in [1.29, 1.82) is 5.26 Å². The first kappa shape index (κ1) is 24.7. The number of β-amino-alcohol motifs (C(OH)–C–C–N with tert-alkyl or cyclic N) is 1. The highest BCUT2D eigenvalue weighted by Crippen LogP contribution is 2.34. The van der Waals surface area contributed by atoms with Crippen molar-refractivity contribution >= 4 is 11.2 Å². The summed E-state index contributed by atoms with van der Waals surface area (Å²) in [5.74, 6) is 0.360. The number of hydrogen-bond donors (Lipinski definition) is 1. The van der Waals surface area contributed by atoms with Crippen LogP contribution in [0.25, 0.3) is 22.5 Å². The highest BCUT2D eigenvalue weighted by Gasteiger charge is 2.24. The largest absolute Gasteiger partial charge is 0.464 e. The van der Waals surface area contributed by atoms with E-state index in [-0.39, 0.29) is 6.10 Å². The minimum Gasteiger partial charge on any atom is -0.464 e. The van der Waals surface area contributed by atoms with Crippen LogP contribution in [-0.2, 0) is 0 Å². The van der Waals surface area contributed by atoms with Gasteiger partial charge in [-0.05, 0) is 44.0 Å². The number of hydrogen-bond acceptors (Lipinski definition) is 6. The Kier molecular flexibility index (Phi) is 7.59. The number of benzene rings is 1. The van der Waals surface area contributed by atoms with Crippen LogP contribution in [0.3, 0.4) is 0 Å². The third-order valence-electron chi connectivity index (χ3n) is 6.66. The Morgan fingerprint density at radius 2 is 1.97 bits per heavy atom. The predicted octanol–water partition coefficient (Wildman–Crippen LogP) is 4.81. The number of nitrogens with zero attached hydrogens (tertiary/aromatic N) is 5. The molecular weight excluding hydrogens is 462 g/mol. The van der Waals surface area contributed by atoms with Crippen molar-refractivity contribution in [3.05, 3.63) is 90.3 Å². The first-order valence-electron chi connectivity index (χ1n) is 12.8. The summed E-state index contributed by atoms with van der Waals surface area (Å²) in [5, 5.41) is 19.1. The van der Waals surface area contributed by atoms with Crippen molar-refractivity contribution in [3.8, 4) is 23.3 Å². The molecule has 0 saturated carbocycles. The average molecular weight is 494 g/mol. The number of nitriles is 1. The molecule has 1 aliphatic heterocycles. The van der Waals surface area contributed by atoms with E-state index in [0.717, 1.165) is 54.0 Å². The van der Waals surface area contributed by atoms with Crippen LogP contribution in [0.5, 0.6) is 6.01 Å². The number of rotatable bonds is 7. The molecule has 7 heteroatoms.